The zero-order valence-corrected chi connectivity index (χ0v) is 16.5. The summed E-state index contributed by atoms with van der Waals surface area (Å²) in [5, 5.41) is 2.74. The smallest absolute Gasteiger partial charge is 0.251 e. The van der Waals surface area contributed by atoms with Crippen LogP contribution in [-0.4, -0.2) is 44.0 Å². The molecular formula is C22H26N2O4. The molecule has 6 nitrogen and oxygen atoms in total. The zero-order chi connectivity index (χ0) is 20.1. The summed E-state index contributed by atoms with van der Waals surface area (Å²) in [6, 6.07) is 12.9. The summed E-state index contributed by atoms with van der Waals surface area (Å²) in [5.74, 6) is 1.07. The molecule has 1 atom stereocenters. The van der Waals surface area contributed by atoms with Crippen molar-refractivity contribution in [3.8, 4) is 11.5 Å². The molecule has 0 radical (unpaired) electrons. The number of nitrogens with one attached hydrogen (secondary N) is 1. The number of hydrogen-bond donors (Lipinski definition) is 1. The molecule has 148 valence electrons. The van der Waals surface area contributed by atoms with Crippen LogP contribution < -0.4 is 14.8 Å². The van der Waals surface area contributed by atoms with Crippen LogP contribution in [0.5, 0.6) is 11.5 Å². The summed E-state index contributed by atoms with van der Waals surface area (Å²) in [6.45, 7) is 2.57. The molecule has 0 aromatic heterocycles. The molecular weight excluding hydrogens is 356 g/mol. The number of hydrogen-bond acceptors (Lipinski definition) is 4. The van der Waals surface area contributed by atoms with E-state index in [2.05, 4.69) is 5.32 Å². The fourth-order valence-corrected chi connectivity index (χ4v) is 3.63. The van der Waals surface area contributed by atoms with E-state index in [1.165, 1.54) is 0 Å². The molecule has 0 aliphatic carbocycles. The second kappa shape index (κ2) is 8.78. The first-order chi connectivity index (χ1) is 13.5. The number of ether oxygens (including phenoxy) is 2. The fraction of sp³-hybridized carbons (Fsp3) is 0.364. The first kappa shape index (κ1) is 19.7. The van der Waals surface area contributed by atoms with E-state index in [9.17, 15) is 9.59 Å². The Morgan fingerprint density at radius 3 is 2.68 bits per heavy atom. The second-order valence-corrected chi connectivity index (χ2v) is 6.91. The van der Waals surface area contributed by atoms with Gasteiger partial charge in [-0.1, -0.05) is 17.7 Å². The van der Waals surface area contributed by atoms with Crippen molar-refractivity contribution >= 4 is 11.8 Å². The molecule has 1 heterocycles. The maximum atomic E-state index is 12.8. The lowest BCUT2D eigenvalue weighted by molar-refractivity contribution is -0.131. The second-order valence-electron chi connectivity index (χ2n) is 6.91. The highest BCUT2D eigenvalue weighted by Crippen LogP contribution is 2.38. The fourth-order valence-electron chi connectivity index (χ4n) is 3.63. The van der Waals surface area contributed by atoms with E-state index < -0.39 is 0 Å². The first-order valence-corrected chi connectivity index (χ1v) is 9.39. The number of likely N-dealkylation sites (tertiary alicyclic amines) is 1. The molecule has 1 saturated heterocycles. The van der Waals surface area contributed by atoms with Gasteiger partial charge < -0.3 is 19.7 Å². The Hall–Kier alpha value is -3.02. The average molecular weight is 382 g/mol. The third kappa shape index (κ3) is 4.27. The summed E-state index contributed by atoms with van der Waals surface area (Å²) >= 11 is 0. The van der Waals surface area contributed by atoms with Crippen LogP contribution in [0.3, 0.4) is 0 Å². The maximum Gasteiger partial charge on any atom is 0.251 e. The number of aryl methyl sites for hydroxylation is 1. The van der Waals surface area contributed by atoms with Crippen molar-refractivity contribution in [3.05, 3.63) is 59.2 Å². The minimum Gasteiger partial charge on any atom is -0.497 e. The Morgan fingerprint density at radius 2 is 1.96 bits per heavy atom. The highest BCUT2D eigenvalue weighted by molar-refractivity contribution is 5.96. The van der Waals surface area contributed by atoms with Gasteiger partial charge in [-0.05, 0) is 44.0 Å². The van der Waals surface area contributed by atoms with Crippen LogP contribution in [0, 0.1) is 6.92 Å². The van der Waals surface area contributed by atoms with Gasteiger partial charge in [0, 0.05) is 23.7 Å². The molecule has 3 rings (SSSR count). The van der Waals surface area contributed by atoms with Gasteiger partial charge in [0.15, 0.2) is 0 Å². The van der Waals surface area contributed by atoms with Gasteiger partial charge in [-0.2, -0.15) is 0 Å². The summed E-state index contributed by atoms with van der Waals surface area (Å²) < 4.78 is 10.8. The van der Waals surface area contributed by atoms with Gasteiger partial charge in [0.1, 0.15) is 11.5 Å². The number of benzene rings is 2. The third-order valence-electron chi connectivity index (χ3n) is 5.05. The normalized spacial score (nSPS) is 16.0. The van der Waals surface area contributed by atoms with E-state index in [1.54, 1.807) is 26.4 Å². The summed E-state index contributed by atoms with van der Waals surface area (Å²) in [6.07, 6.45) is 1.78. The van der Waals surface area contributed by atoms with Crippen molar-refractivity contribution in [2.45, 2.75) is 25.8 Å². The Kier molecular flexibility index (Phi) is 6.19. The lowest BCUT2D eigenvalue weighted by atomic mass is 10.0. The van der Waals surface area contributed by atoms with E-state index in [4.69, 9.17) is 9.47 Å². The van der Waals surface area contributed by atoms with Crippen LogP contribution in [0.15, 0.2) is 42.5 Å². The standard InChI is InChI=1S/C22H26N2O4/c1-15-6-4-7-16(12-15)22(26)23-14-21(25)24-11-5-8-19(24)18-10-9-17(27-2)13-20(18)28-3/h4,6-7,9-10,12-13,19H,5,8,11,14H2,1-3H3,(H,23,26)/t19-/m1/s1. The van der Waals surface area contributed by atoms with Crippen molar-refractivity contribution in [1.29, 1.82) is 0 Å². The van der Waals surface area contributed by atoms with Gasteiger partial charge in [-0.3, -0.25) is 9.59 Å². The largest absolute Gasteiger partial charge is 0.497 e. The van der Waals surface area contributed by atoms with Gasteiger partial charge in [0.2, 0.25) is 5.91 Å². The van der Waals surface area contributed by atoms with Crippen LogP contribution in [0.1, 0.15) is 40.4 Å². The van der Waals surface area contributed by atoms with E-state index in [0.717, 1.165) is 24.0 Å². The molecule has 1 N–H and O–H groups in total. The van der Waals surface area contributed by atoms with E-state index >= 15 is 0 Å². The predicted octanol–water partition coefficient (Wildman–Crippen LogP) is 3.11. The number of amides is 2. The van der Waals surface area contributed by atoms with Gasteiger partial charge in [0.25, 0.3) is 5.91 Å². The number of nitrogens with zero attached hydrogens (tertiary/aromatic N) is 1. The molecule has 1 fully saturated rings. The summed E-state index contributed by atoms with van der Waals surface area (Å²) in [7, 11) is 3.22. The number of carbonyl (C=O) groups excluding carboxylic acids is 2. The minimum atomic E-state index is -0.241. The van der Waals surface area contributed by atoms with Crippen molar-refractivity contribution < 1.29 is 19.1 Å². The monoisotopic (exact) mass is 382 g/mol. The van der Waals surface area contributed by atoms with Crippen LogP contribution in [-0.2, 0) is 4.79 Å². The minimum absolute atomic E-state index is 0.0260. The molecule has 2 aromatic rings. The zero-order valence-electron chi connectivity index (χ0n) is 16.5. The van der Waals surface area contributed by atoms with Gasteiger partial charge in [-0.25, -0.2) is 0 Å². The van der Waals surface area contributed by atoms with Crippen LogP contribution >= 0.6 is 0 Å². The van der Waals surface area contributed by atoms with Crippen molar-refractivity contribution in [3.63, 3.8) is 0 Å². The van der Waals surface area contributed by atoms with Crippen LogP contribution in [0.4, 0.5) is 0 Å². The SMILES string of the molecule is COc1ccc([C@H]2CCCN2C(=O)CNC(=O)c2cccc(C)c2)c(OC)c1. The quantitative estimate of drug-likeness (QED) is 0.834. The number of carbonyl (C=O) groups is 2. The Labute approximate surface area is 165 Å². The number of rotatable bonds is 6. The van der Waals surface area contributed by atoms with E-state index in [-0.39, 0.29) is 24.4 Å². The van der Waals surface area contributed by atoms with Crippen molar-refractivity contribution in [2.75, 3.05) is 27.3 Å². The highest BCUT2D eigenvalue weighted by atomic mass is 16.5. The molecule has 1 aliphatic rings. The molecule has 2 aromatic carbocycles. The molecule has 0 saturated carbocycles. The van der Waals surface area contributed by atoms with Crippen molar-refractivity contribution in [2.24, 2.45) is 0 Å². The predicted molar refractivity (Wildman–Crippen MR) is 107 cm³/mol. The van der Waals surface area contributed by atoms with E-state index in [1.807, 2.05) is 42.2 Å². The summed E-state index contributed by atoms with van der Waals surface area (Å²) in [5.41, 5.74) is 2.52. The lowest BCUT2D eigenvalue weighted by Crippen LogP contribution is -2.39. The van der Waals surface area contributed by atoms with Gasteiger partial charge in [-0.15, -0.1) is 0 Å². The molecule has 0 bridgehead atoms. The Bertz CT molecular complexity index is 865. The molecule has 28 heavy (non-hydrogen) atoms. The molecule has 1 aliphatic heterocycles. The molecule has 2 amide bonds. The summed E-state index contributed by atoms with van der Waals surface area (Å²) in [4.78, 5) is 26.9. The van der Waals surface area contributed by atoms with Gasteiger partial charge >= 0.3 is 0 Å². The molecule has 0 spiro atoms. The topological polar surface area (TPSA) is 67.9 Å². The molecule has 0 unspecified atom stereocenters. The van der Waals surface area contributed by atoms with E-state index in [0.29, 0.717) is 23.6 Å². The van der Waals surface area contributed by atoms with Crippen LogP contribution in [0.25, 0.3) is 0 Å². The number of methoxy groups -OCH3 is 2. The average Bonchev–Trinajstić information content (AvgIpc) is 3.20. The van der Waals surface area contributed by atoms with Crippen molar-refractivity contribution in [1.82, 2.24) is 10.2 Å². The van der Waals surface area contributed by atoms with Gasteiger partial charge in [0.05, 0.1) is 26.8 Å². The Morgan fingerprint density at radius 1 is 1.14 bits per heavy atom. The highest BCUT2D eigenvalue weighted by Gasteiger charge is 2.32. The Balaban J connectivity index is 1.69. The maximum absolute atomic E-state index is 12.8. The van der Waals surface area contributed by atoms with Crippen LogP contribution in [0.2, 0.25) is 0 Å². The third-order valence-corrected chi connectivity index (χ3v) is 5.05. The first-order valence-electron chi connectivity index (χ1n) is 9.39. The lowest BCUT2D eigenvalue weighted by Gasteiger charge is -2.26. The molecule has 6 heteroatoms.